The lowest BCUT2D eigenvalue weighted by Gasteiger charge is -2.06. The maximum atomic E-state index is 13.1. The Morgan fingerprint density at radius 2 is 2.24 bits per heavy atom. The summed E-state index contributed by atoms with van der Waals surface area (Å²) < 4.78 is 15.9. The Hall–Kier alpha value is -1.20. The van der Waals surface area contributed by atoms with Crippen molar-refractivity contribution in [3.8, 4) is 0 Å². The Balaban J connectivity index is 1.78. The molecule has 0 aliphatic rings. The SMILES string of the molecule is Fc1cc(Br)cc(CNCCn2ccnc2)c1. The molecular weight excluding hydrogens is 285 g/mol. The summed E-state index contributed by atoms with van der Waals surface area (Å²) in [5.41, 5.74) is 0.933. The molecule has 0 radical (unpaired) electrons. The highest BCUT2D eigenvalue weighted by Gasteiger charge is 1.98. The Labute approximate surface area is 108 Å². The van der Waals surface area contributed by atoms with Gasteiger partial charge >= 0.3 is 0 Å². The fourth-order valence-electron chi connectivity index (χ4n) is 1.57. The van der Waals surface area contributed by atoms with E-state index in [4.69, 9.17) is 0 Å². The lowest BCUT2D eigenvalue weighted by Crippen LogP contribution is -2.19. The summed E-state index contributed by atoms with van der Waals surface area (Å²) in [4.78, 5) is 3.96. The molecule has 2 aromatic rings. The monoisotopic (exact) mass is 297 g/mol. The average Bonchev–Trinajstić information content (AvgIpc) is 2.76. The third kappa shape index (κ3) is 3.94. The van der Waals surface area contributed by atoms with Crippen molar-refractivity contribution < 1.29 is 4.39 Å². The first-order valence-electron chi connectivity index (χ1n) is 5.35. The van der Waals surface area contributed by atoms with E-state index >= 15 is 0 Å². The van der Waals surface area contributed by atoms with Gasteiger partial charge in [-0.1, -0.05) is 15.9 Å². The van der Waals surface area contributed by atoms with Crippen LogP contribution in [0.4, 0.5) is 4.39 Å². The van der Waals surface area contributed by atoms with Crippen LogP contribution in [0, 0.1) is 5.82 Å². The number of hydrogen-bond donors (Lipinski definition) is 1. The molecule has 0 fully saturated rings. The smallest absolute Gasteiger partial charge is 0.124 e. The predicted molar refractivity (Wildman–Crippen MR) is 68.0 cm³/mol. The molecule has 90 valence electrons. The molecule has 2 rings (SSSR count). The molecule has 0 spiro atoms. The van der Waals surface area contributed by atoms with Gasteiger partial charge < -0.3 is 9.88 Å². The van der Waals surface area contributed by atoms with Gasteiger partial charge in [0.1, 0.15) is 5.82 Å². The fraction of sp³-hybridized carbons (Fsp3) is 0.250. The van der Waals surface area contributed by atoms with Gasteiger partial charge in [0.2, 0.25) is 0 Å². The molecule has 1 N–H and O–H groups in total. The van der Waals surface area contributed by atoms with Crippen LogP contribution in [-0.4, -0.2) is 16.1 Å². The van der Waals surface area contributed by atoms with E-state index in [2.05, 4.69) is 26.2 Å². The molecule has 0 saturated carbocycles. The number of aromatic nitrogens is 2. The highest BCUT2D eigenvalue weighted by molar-refractivity contribution is 9.10. The molecule has 1 heterocycles. The van der Waals surface area contributed by atoms with E-state index in [1.807, 2.05) is 16.8 Å². The summed E-state index contributed by atoms with van der Waals surface area (Å²) in [5.74, 6) is -0.217. The minimum absolute atomic E-state index is 0.217. The standard InChI is InChI=1S/C12H13BrFN3/c13-11-5-10(6-12(14)7-11)8-15-1-3-17-4-2-16-9-17/h2,4-7,9,15H,1,3,8H2. The van der Waals surface area contributed by atoms with E-state index < -0.39 is 0 Å². The van der Waals surface area contributed by atoms with Gasteiger partial charge in [-0.15, -0.1) is 0 Å². The van der Waals surface area contributed by atoms with E-state index in [1.165, 1.54) is 12.1 Å². The van der Waals surface area contributed by atoms with Crippen LogP contribution in [0.5, 0.6) is 0 Å². The second kappa shape index (κ2) is 5.93. The van der Waals surface area contributed by atoms with Crippen LogP contribution < -0.4 is 5.32 Å². The van der Waals surface area contributed by atoms with E-state index in [1.54, 1.807) is 12.5 Å². The lowest BCUT2D eigenvalue weighted by molar-refractivity contribution is 0.590. The normalized spacial score (nSPS) is 10.7. The molecule has 3 nitrogen and oxygen atoms in total. The average molecular weight is 298 g/mol. The van der Waals surface area contributed by atoms with Gasteiger partial charge in [-0.05, 0) is 23.8 Å². The zero-order valence-electron chi connectivity index (χ0n) is 9.24. The first kappa shape index (κ1) is 12.3. The Morgan fingerprint density at radius 1 is 1.35 bits per heavy atom. The van der Waals surface area contributed by atoms with Gasteiger partial charge in [-0.2, -0.15) is 0 Å². The lowest BCUT2D eigenvalue weighted by atomic mass is 10.2. The van der Waals surface area contributed by atoms with Crippen LogP contribution in [0.15, 0.2) is 41.4 Å². The minimum atomic E-state index is -0.217. The second-order valence-corrected chi connectivity index (χ2v) is 4.67. The van der Waals surface area contributed by atoms with Crippen molar-refractivity contribution in [2.75, 3.05) is 6.54 Å². The van der Waals surface area contributed by atoms with E-state index in [9.17, 15) is 4.39 Å². The van der Waals surface area contributed by atoms with Crippen molar-refractivity contribution in [2.24, 2.45) is 0 Å². The zero-order chi connectivity index (χ0) is 12.1. The summed E-state index contributed by atoms with van der Waals surface area (Å²) in [7, 11) is 0. The van der Waals surface area contributed by atoms with Crippen molar-refractivity contribution in [3.05, 3.63) is 52.8 Å². The van der Waals surface area contributed by atoms with Gasteiger partial charge in [0.05, 0.1) is 6.33 Å². The first-order chi connectivity index (χ1) is 8.24. The highest BCUT2D eigenvalue weighted by Crippen LogP contribution is 2.14. The Bertz CT molecular complexity index is 450. The zero-order valence-corrected chi connectivity index (χ0v) is 10.8. The molecule has 0 aliphatic carbocycles. The topological polar surface area (TPSA) is 29.9 Å². The largest absolute Gasteiger partial charge is 0.336 e. The van der Waals surface area contributed by atoms with Crippen molar-refractivity contribution in [2.45, 2.75) is 13.1 Å². The number of halogens is 2. The Morgan fingerprint density at radius 3 is 2.94 bits per heavy atom. The van der Waals surface area contributed by atoms with Crippen molar-refractivity contribution in [1.82, 2.24) is 14.9 Å². The summed E-state index contributed by atoms with van der Waals surface area (Å²) in [6, 6.07) is 4.90. The maximum absolute atomic E-state index is 13.1. The number of hydrogen-bond acceptors (Lipinski definition) is 2. The summed E-state index contributed by atoms with van der Waals surface area (Å²) >= 11 is 3.27. The van der Waals surface area contributed by atoms with E-state index in [-0.39, 0.29) is 5.82 Å². The molecule has 17 heavy (non-hydrogen) atoms. The van der Waals surface area contributed by atoms with Gasteiger partial charge in [-0.3, -0.25) is 0 Å². The van der Waals surface area contributed by atoms with Crippen molar-refractivity contribution in [3.63, 3.8) is 0 Å². The minimum Gasteiger partial charge on any atom is -0.336 e. The molecule has 1 aromatic heterocycles. The fourth-order valence-corrected chi connectivity index (χ4v) is 2.09. The summed E-state index contributed by atoms with van der Waals surface area (Å²) in [6.45, 7) is 2.34. The molecule has 5 heteroatoms. The third-order valence-electron chi connectivity index (χ3n) is 2.36. The van der Waals surface area contributed by atoms with E-state index in [0.717, 1.165) is 23.1 Å². The number of nitrogens with one attached hydrogen (secondary N) is 1. The van der Waals surface area contributed by atoms with Crippen LogP contribution in [0.25, 0.3) is 0 Å². The maximum Gasteiger partial charge on any atom is 0.124 e. The third-order valence-corrected chi connectivity index (χ3v) is 2.82. The summed E-state index contributed by atoms with van der Waals surface area (Å²) in [5, 5.41) is 3.26. The number of rotatable bonds is 5. The molecule has 0 atom stereocenters. The number of imidazole rings is 1. The molecule has 0 saturated heterocycles. The van der Waals surface area contributed by atoms with Crippen LogP contribution in [0.2, 0.25) is 0 Å². The Kier molecular flexibility index (Phi) is 4.28. The van der Waals surface area contributed by atoms with Gasteiger partial charge in [-0.25, -0.2) is 9.37 Å². The van der Waals surface area contributed by atoms with E-state index in [0.29, 0.717) is 6.54 Å². The highest BCUT2D eigenvalue weighted by atomic mass is 79.9. The van der Waals surface area contributed by atoms with Crippen LogP contribution in [0.3, 0.4) is 0 Å². The molecular formula is C12H13BrFN3. The summed E-state index contributed by atoms with van der Waals surface area (Å²) in [6.07, 6.45) is 5.45. The van der Waals surface area contributed by atoms with Gasteiger partial charge in [0, 0.05) is 36.5 Å². The van der Waals surface area contributed by atoms with Crippen LogP contribution in [0.1, 0.15) is 5.56 Å². The predicted octanol–water partition coefficient (Wildman–Crippen LogP) is 2.57. The van der Waals surface area contributed by atoms with Gasteiger partial charge in [0.15, 0.2) is 0 Å². The molecule has 0 bridgehead atoms. The van der Waals surface area contributed by atoms with Crippen LogP contribution in [-0.2, 0) is 13.1 Å². The van der Waals surface area contributed by atoms with Gasteiger partial charge in [0.25, 0.3) is 0 Å². The molecule has 0 amide bonds. The second-order valence-electron chi connectivity index (χ2n) is 3.75. The number of benzene rings is 1. The molecule has 0 aliphatic heterocycles. The quantitative estimate of drug-likeness (QED) is 0.860. The van der Waals surface area contributed by atoms with Crippen molar-refractivity contribution in [1.29, 1.82) is 0 Å². The molecule has 1 aromatic carbocycles. The van der Waals surface area contributed by atoms with Crippen molar-refractivity contribution >= 4 is 15.9 Å². The molecule has 0 unspecified atom stereocenters. The van der Waals surface area contributed by atoms with Crippen LogP contribution >= 0.6 is 15.9 Å². The first-order valence-corrected chi connectivity index (χ1v) is 6.15. The number of nitrogens with zero attached hydrogens (tertiary/aromatic N) is 2.